The number of carbonyl (C=O) groups excluding carboxylic acids is 1. The Kier molecular flexibility index (Phi) is 4.57. The van der Waals surface area contributed by atoms with E-state index in [9.17, 15) is 14.7 Å². The number of carboxylic acids is 1. The zero-order valence-electron chi connectivity index (χ0n) is 13.7. The molecule has 6 heteroatoms. The normalized spacial score (nSPS) is 16.9. The van der Waals surface area contributed by atoms with Crippen molar-refractivity contribution in [3.05, 3.63) is 35.5 Å². The monoisotopic (exact) mass is 330 g/mol. The van der Waals surface area contributed by atoms with Crippen molar-refractivity contribution < 1.29 is 19.4 Å². The van der Waals surface area contributed by atoms with Crippen molar-refractivity contribution in [1.29, 1.82) is 0 Å². The van der Waals surface area contributed by atoms with Crippen LogP contribution in [0.5, 0.6) is 0 Å². The van der Waals surface area contributed by atoms with Gasteiger partial charge in [-0.05, 0) is 24.5 Å². The standard InChI is InChI=1S/C18H22N2O4/c1-12-3-2-4-14-13(11-19-16(12)14)5-6-15(21)20-18(17(22)23)7-9-24-10-8-18/h2-4,11,19H,5-10H2,1H3,(H,20,21)(H,22,23). The lowest BCUT2D eigenvalue weighted by Gasteiger charge is -2.33. The maximum absolute atomic E-state index is 12.3. The van der Waals surface area contributed by atoms with E-state index in [4.69, 9.17) is 4.74 Å². The molecule has 1 aromatic heterocycles. The SMILES string of the molecule is Cc1cccc2c(CCC(=O)NC3(C(=O)O)CCOCC3)c[nH]c12. The highest BCUT2D eigenvalue weighted by atomic mass is 16.5. The van der Waals surface area contributed by atoms with E-state index in [1.807, 2.05) is 31.3 Å². The minimum Gasteiger partial charge on any atom is -0.480 e. The lowest BCUT2D eigenvalue weighted by molar-refractivity contribution is -0.152. The van der Waals surface area contributed by atoms with Crippen LogP contribution in [0.25, 0.3) is 10.9 Å². The number of para-hydroxylation sites is 1. The van der Waals surface area contributed by atoms with Crippen molar-refractivity contribution in [2.45, 2.75) is 38.1 Å². The topological polar surface area (TPSA) is 91.4 Å². The van der Waals surface area contributed by atoms with Crippen LogP contribution in [0.2, 0.25) is 0 Å². The molecule has 3 N–H and O–H groups in total. The molecule has 0 bridgehead atoms. The van der Waals surface area contributed by atoms with Crippen molar-refractivity contribution in [3.8, 4) is 0 Å². The second-order valence-electron chi connectivity index (χ2n) is 6.36. The zero-order valence-corrected chi connectivity index (χ0v) is 13.7. The number of aromatic amines is 1. The van der Waals surface area contributed by atoms with Crippen LogP contribution >= 0.6 is 0 Å². The number of benzene rings is 1. The summed E-state index contributed by atoms with van der Waals surface area (Å²) in [4.78, 5) is 27.1. The van der Waals surface area contributed by atoms with E-state index in [1.54, 1.807) is 0 Å². The molecule has 6 nitrogen and oxygen atoms in total. The van der Waals surface area contributed by atoms with Gasteiger partial charge in [-0.15, -0.1) is 0 Å². The zero-order chi connectivity index (χ0) is 17.2. The summed E-state index contributed by atoms with van der Waals surface area (Å²) < 4.78 is 5.22. The Balaban J connectivity index is 1.66. The molecule has 0 atom stereocenters. The van der Waals surface area contributed by atoms with E-state index in [1.165, 1.54) is 0 Å². The van der Waals surface area contributed by atoms with Crippen LogP contribution in [0.1, 0.15) is 30.4 Å². The first-order valence-electron chi connectivity index (χ1n) is 8.19. The van der Waals surface area contributed by atoms with Gasteiger partial charge in [0.25, 0.3) is 0 Å². The third-order valence-corrected chi connectivity index (χ3v) is 4.77. The molecule has 0 unspecified atom stereocenters. The van der Waals surface area contributed by atoms with Crippen molar-refractivity contribution in [3.63, 3.8) is 0 Å². The molecule has 1 saturated heterocycles. The second-order valence-corrected chi connectivity index (χ2v) is 6.36. The number of aryl methyl sites for hydroxylation is 2. The molecular weight excluding hydrogens is 308 g/mol. The maximum Gasteiger partial charge on any atom is 0.329 e. The number of fused-ring (bicyclic) bond motifs is 1. The van der Waals surface area contributed by atoms with Crippen LogP contribution in [-0.2, 0) is 20.7 Å². The minimum atomic E-state index is -1.19. The molecule has 0 saturated carbocycles. The van der Waals surface area contributed by atoms with Gasteiger partial charge in [0.1, 0.15) is 5.54 Å². The van der Waals surface area contributed by atoms with Crippen LogP contribution in [-0.4, -0.2) is 40.7 Å². The van der Waals surface area contributed by atoms with Crippen molar-refractivity contribution in [2.24, 2.45) is 0 Å². The van der Waals surface area contributed by atoms with Gasteiger partial charge in [0.2, 0.25) is 5.91 Å². The Hall–Kier alpha value is -2.34. The minimum absolute atomic E-state index is 0.235. The number of hydrogen-bond acceptors (Lipinski definition) is 3. The molecule has 1 aliphatic heterocycles. The number of rotatable bonds is 5. The van der Waals surface area contributed by atoms with Crippen LogP contribution in [0.4, 0.5) is 0 Å². The molecule has 128 valence electrons. The summed E-state index contributed by atoms with van der Waals surface area (Å²) in [6.45, 7) is 2.75. The number of aromatic nitrogens is 1. The number of ether oxygens (including phenoxy) is 1. The molecule has 1 amide bonds. The summed E-state index contributed by atoms with van der Waals surface area (Å²) in [6, 6.07) is 6.07. The fraction of sp³-hybridized carbons (Fsp3) is 0.444. The summed E-state index contributed by atoms with van der Waals surface area (Å²) in [7, 11) is 0. The molecule has 0 spiro atoms. The van der Waals surface area contributed by atoms with Crippen molar-refractivity contribution in [2.75, 3.05) is 13.2 Å². The number of hydrogen-bond donors (Lipinski definition) is 3. The number of H-pyrrole nitrogens is 1. The third kappa shape index (κ3) is 3.14. The van der Waals surface area contributed by atoms with Gasteiger partial charge in [-0.2, -0.15) is 0 Å². The Morgan fingerprint density at radius 1 is 1.33 bits per heavy atom. The van der Waals surface area contributed by atoms with Gasteiger partial charge in [-0.3, -0.25) is 4.79 Å². The molecular formula is C18H22N2O4. The number of amides is 1. The number of nitrogens with one attached hydrogen (secondary N) is 2. The predicted octanol–water partition coefficient (Wildman–Crippen LogP) is 2.16. The van der Waals surface area contributed by atoms with Gasteiger partial charge in [-0.1, -0.05) is 18.2 Å². The van der Waals surface area contributed by atoms with Gasteiger partial charge in [0.15, 0.2) is 0 Å². The third-order valence-electron chi connectivity index (χ3n) is 4.77. The van der Waals surface area contributed by atoms with Gasteiger partial charge in [-0.25, -0.2) is 4.79 Å². The highest BCUT2D eigenvalue weighted by Crippen LogP contribution is 2.24. The lowest BCUT2D eigenvalue weighted by atomic mass is 9.90. The average molecular weight is 330 g/mol. The molecule has 1 aliphatic rings. The summed E-state index contributed by atoms with van der Waals surface area (Å²) in [5.41, 5.74) is 2.13. The highest BCUT2D eigenvalue weighted by molar-refractivity contribution is 5.89. The van der Waals surface area contributed by atoms with E-state index < -0.39 is 11.5 Å². The van der Waals surface area contributed by atoms with Crippen molar-refractivity contribution >= 4 is 22.8 Å². The van der Waals surface area contributed by atoms with Gasteiger partial charge < -0.3 is 20.1 Å². The Labute approximate surface area is 140 Å². The molecule has 1 aromatic carbocycles. The number of aliphatic carboxylic acids is 1. The maximum atomic E-state index is 12.3. The largest absolute Gasteiger partial charge is 0.480 e. The molecule has 3 rings (SSSR count). The molecule has 2 aromatic rings. The molecule has 24 heavy (non-hydrogen) atoms. The Morgan fingerprint density at radius 2 is 2.08 bits per heavy atom. The predicted molar refractivity (Wildman–Crippen MR) is 89.9 cm³/mol. The first-order chi connectivity index (χ1) is 11.5. The smallest absolute Gasteiger partial charge is 0.329 e. The van der Waals surface area contributed by atoms with E-state index in [0.717, 1.165) is 22.0 Å². The number of carbonyl (C=O) groups is 2. The van der Waals surface area contributed by atoms with E-state index >= 15 is 0 Å². The molecule has 1 fully saturated rings. The van der Waals surface area contributed by atoms with Crippen LogP contribution < -0.4 is 5.32 Å². The highest BCUT2D eigenvalue weighted by Gasteiger charge is 2.41. The summed E-state index contributed by atoms with van der Waals surface area (Å²) in [5.74, 6) is -1.22. The second kappa shape index (κ2) is 6.65. The fourth-order valence-electron chi connectivity index (χ4n) is 3.26. The molecule has 2 heterocycles. The van der Waals surface area contributed by atoms with Crippen LogP contribution in [0.15, 0.2) is 24.4 Å². The van der Waals surface area contributed by atoms with E-state index in [-0.39, 0.29) is 12.3 Å². The summed E-state index contributed by atoms with van der Waals surface area (Å²) >= 11 is 0. The Morgan fingerprint density at radius 3 is 2.79 bits per heavy atom. The quantitative estimate of drug-likeness (QED) is 0.783. The lowest BCUT2D eigenvalue weighted by Crippen LogP contribution is -2.57. The van der Waals surface area contributed by atoms with Crippen molar-refractivity contribution in [1.82, 2.24) is 10.3 Å². The van der Waals surface area contributed by atoms with Crippen LogP contribution in [0.3, 0.4) is 0 Å². The first kappa shape index (κ1) is 16.5. The average Bonchev–Trinajstić information content (AvgIpc) is 2.98. The van der Waals surface area contributed by atoms with E-state index in [0.29, 0.717) is 32.5 Å². The van der Waals surface area contributed by atoms with Gasteiger partial charge in [0, 0.05) is 49.6 Å². The fourth-order valence-corrected chi connectivity index (χ4v) is 3.26. The molecule has 0 aliphatic carbocycles. The molecule has 0 radical (unpaired) electrons. The first-order valence-corrected chi connectivity index (χ1v) is 8.19. The number of carboxylic acid groups (broad SMARTS) is 1. The summed E-state index contributed by atoms with van der Waals surface area (Å²) in [5, 5.41) is 13.3. The van der Waals surface area contributed by atoms with Crippen LogP contribution in [0, 0.1) is 6.92 Å². The van der Waals surface area contributed by atoms with Gasteiger partial charge >= 0.3 is 5.97 Å². The summed E-state index contributed by atoms with van der Waals surface area (Å²) in [6.07, 6.45) is 3.37. The Bertz CT molecular complexity index is 759. The van der Waals surface area contributed by atoms with Gasteiger partial charge in [0.05, 0.1) is 0 Å². The van der Waals surface area contributed by atoms with E-state index in [2.05, 4.69) is 10.3 Å².